The predicted molar refractivity (Wildman–Crippen MR) is 122 cm³/mol. The molecule has 3 aromatic carbocycles. The number of carbonyl (C=O) groups is 1. The monoisotopic (exact) mass is 415 g/mol. The third-order valence-corrected chi connectivity index (χ3v) is 7.23. The van der Waals surface area contributed by atoms with Crippen LogP contribution in [0.15, 0.2) is 59.5 Å². The van der Waals surface area contributed by atoms with Gasteiger partial charge in [0, 0.05) is 0 Å². The zero-order chi connectivity index (χ0) is 20.0. The van der Waals surface area contributed by atoms with E-state index in [0.717, 1.165) is 38.5 Å². The lowest BCUT2D eigenvalue weighted by molar-refractivity contribution is -0.114. The molecule has 2 heterocycles. The van der Waals surface area contributed by atoms with Gasteiger partial charge in [-0.2, -0.15) is 0 Å². The molecule has 0 radical (unpaired) electrons. The quantitative estimate of drug-likeness (QED) is 0.338. The van der Waals surface area contributed by atoms with Gasteiger partial charge in [0.2, 0.25) is 0 Å². The standard InChI is InChI=1S/C23H17N3OS2/c1-2-19-25-26-23(29-19)20-21(27)18(28-22(20)24)12-17-15-9-5-3-7-13(15)11-14-8-4-6-10-16(14)17/h3-12,20,24H,2H2,1H3/b18-12-,24-22?/t20-/m1/s1. The van der Waals surface area contributed by atoms with E-state index >= 15 is 0 Å². The van der Waals surface area contributed by atoms with Crippen molar-refractivity contribution in [2.45, 2.75) is 19.3 Å². The summed E-state index contributed by atoms with van der Waals surface area (Å²) in [7, 11) is 0. The molecule has 0 unspecified atom stereocenters. The molecular formula is C23H17N3OS2. The van der Waals surface area contributed by atoms with Crippen LogP contribution in [0.1, 0.15) is 28.4 Å². The number of ketones is 1. The summed E-state index contributed by atoms with van der Waals surface area (Å²) in [5, 5.41) is 23.0. The molecule has 1 aliphatic rings. The van der Waals surface area contributed by atoms with Gasteiger partial charge < -0.3 is 0 Å². The van der Waals surface area contributed by atoms with Crippen molar-refractivity contribution in [3.63, 3.8) is 0 Å². The summed E-state index contributed by atoms with van der Waals surface area (Å²) in [6.07, 6.45) is 2.73. The molecule has 1 N–H and O–H groups in total. The first-order valence-corrected chi connectivity index (χ1v) is 11.0. The molecule has 142 valence electrons. The van der Waals surface area contributed by atoms with Gasteiger partial charge in [0.15, 0.2) is 5.78 Å². The third kappa shape index (κ3) is 3.09. The molecule has 4 nitrogen and oxygen atoms in total. The number of nitrogens with zero attached hydrogens (tertiary/aromatic N) is 2. The third-order valence-electron chi connectivity index (χ3n) is 5.11. The van der Waals surface area contributed by atoms with Crippen LogP contribution in [0.2, 0.25) is 0 Å². The minimum absolute atomic E-state index is 0.0594. The largest absolute Gasteiger partial charge is 0.297 e. The van der Waals surface area contributed by atoms with Crippen LogP contribution in [-0.2, 0) is 11.2 Å². The molecule has 1 fully saturated rings. The molecule has 0 spiro atoms. The Kier molecular flexibility index (Phi) is 4.53. The first kappa shape index (κ1) is 18.2. The summed E-state index contributed by atoms with van der Waals surface area (Å²) in [5.74, 6) is -0.680. The van der Waals surface area contributed by atoms with Crippen LogP contribution in [0.4, 0.5) is 0 Å². The van der Waals surface area contributed by atoms with Crippen LogP contribution in [0.3, 0.4) is 0 Å². The van der Waals surface area contributed by atoms with Crippen LogP contribution >= 0.6 is 23.1 Å². The van der Waals surface area contributed by atoms with Gasteiger partial charge in [-0.1, -0.05) is 67.2 Å². The van der Waals surface area contributed by atoms with Crippen molar-refractivity contribution in [3.8, 4) is 0 Å². The van der Waals surface area contributed by atoms with Crippen LogP contribution in [0.25, 0.3) is 27.6 Å². The maximum atomic E-state index is 13.2. The zero-order valence-electron chi connectivity index (χ0n) is 15.7. The molecule has 1 saturated heterocycles. The van der Waals surface area contributed by atoms with E-state index in [2.05, 4.69) is 40.5 Å². The zero-order valence-corrected chi connectivity index (χ0v) is 17.3. The fourth-order valence-corrected chi connectivity index (χ4v) is 5.61. The van der Waals surface area contributed by atoms with E-state index in [4.69, 9.17) is 5.41 Å². The average Bonchev–Trinajstić information content (AvgIpc) is 3.31. The molecule has 6 heteroatoms. The number of thioether (sulfide) groups is 1. The second kappa shape index (κ2) is 7.21. The number of aromatic nitrogens is 2. The second-order valence-electron chi connectivity index (χ2n) is 6.89. The maximum Gasteiger partial charge on any atom is 0.186 e. The van der Waals surface area contributed by atoms with Crippen molar-refractivity contribution in [2.24, 2.45) is 0 Å². The number of fused-ring (bicyclic) bond motifs is 2. The van der Waals surface area contributed by atoms with E-state index in [9.17, 15) is 4.79 Å². The Hall–Kier alpha value is -2.83. The maximum absolute atomic E-state index is 13.2. The highest BCUT2D eigenvalue weighted by Gasteiger charge is 2.39. The van der Waals surface area contributed by atoms with Crippen LogP contribution in [0, 0.1) is 5.41 Å². The van der Waals surface area contributed by atoms with Crippen molar-refractivity contribution in [1.82, 2.24) is 10.2 Å². The number of hydrogen-bond acceptors (Lipinski definition) is 6. The molecule has 1 aliphatic heterocycles. The number of nitrogens with one attached hydrogen (secondary N) is 1. The van der Waals surface area contributed by atoms with Gasteiger partial charge >= 0.3 is 0 Å². The van der Waals surface area contributed by atoms with Crippen molar-refractivity contribution in [2.75, 3.05) is 0 Å². The number of aryl methyl sites for hydroxylation is 1. The minimum atomic E-state index is -0.620. The van der Waals surface area contributed by atoms with Gasteiger partial charge in [-0.05, 0) is 45.7 Å². The summed E-state index contributed by atoms with van der Waals surface area (Å²) in [6.45, 7) is 2.01. The number of hydrogen-bond donors (Lipinski definition) is 1. The average molecular weight is 416 g/mol. The topological polar surface area (TPSA) is 66.7 Å². The molecule has 4 aromatic rings. The minimum Gasteiger partial charge on any atom is -0.297 e. The molecule has 0 bridgehead atoms. The lowest BCUT2D eigenvalue weighted by atomic mass is 9.95. The van der Waals surface area contributed by atoms with Gasteiger partial charge in [-0.3, -0.25) is 10.2 Å². The highest BCUT2D eigenvalue weighted by atomic mass is 32.2. The van der Waals surface area contributed by atoms with Gasteiger partial charge in [0.25, 0.3) is 0 Å². The lowest BCUT2D eigenvalue weighted by Crippen LogP contribution is -2.11. The van der Waals surface area contributed by atoms with E-state index in [1.54, 1.807) is 0 Å². The SMILES string of the molecule is CCc1nnc([C@H]2C(=N)S/C(=C\c3c4ccccc4cc4ccccc34)C2=O)s1. The van der Waals surface area contributed by atoms with Crippen molar-refractivity contribution >= 4 is 61.5 Å². The Labute approximate surface area is 176 Å². The van der Waals surface area contributed by atoms with Crippen molar-refractivity contribution in [3.05, 3.63) is 75.1 Å². The molecule has 0 saturated carbocycles. The molecule has 29 heavy (non-hydrogen) atoms. The molecule has 1 aromatic heterocycles. The van der Waals surface area contributed by atoms with Crippen molar-refractivity contribution < 1.29 is 4.79 Å². The first-order valence-electron chi connectivity index (χ1n) is 9.40. The summed E-state index contributed by atoms with van der Waals surface area (Å²) in [5.41, 5.74) is 1.02. The van der Waals surface area contributed by atoms with Crippen molar-refractivity contribution in [1.29, 1.82) is 5.41 Å². The van der Waals surface area contributed by atoms with E-state index < -0.39 is 5.92 Å². The Morgan fingerprint density at radius 3 is 2.31 bits per heavy atom. The predicted octanol–water partition coefficient (Wildman–Crippen LogP) is 5.82. The van der Waals surface area contributed by atoms with Crippen LogP contribution in [0.5, 0.6) is 0 Å². The molecule has 1 atom stereocenters. The van der Waals surface area contributed by atoms with Gasteiger partial charge in [0.1, 0.15) is 15.9 Å². The van der Waals surface area contributed by atoms with Gasteiger partial charge in [-0.25, -0.2) is 0 Å². The summed E-state index contributed by atoms with van der Waals surface area (Å²) in [4.78, 5) is 13.8. The molecule has 5 rings (SSSR count). The normalized spacial score (nSPS) is 18.4. The number of allylic oxidation sites excluding steroid dienone is 1. The summed E-state index contributed by atoms with van der Waals surface area (Å²) < 4.78 is 0. The van der Waals surface area contributed by atoms with E-state index in [1.165, 1.54) is 23.1 Å². The number of rotatable bonds is 3. The Balaban J connectivity index is 1.66. The highest BCUT2D eigenvalue weighted by Crippen LogP contribution is 2.42. The van der Waals surface area contributed by atoms with E-state index in [-0.39, 0.29) is 5.78 Å². The summed E-state index contributed by atoms with van der Waals surface area (Å²) in [6, 6.07) is 18.6. The summed E-state index contributed by atoms with van der Waals surface area (Å²) >= 11 is 2.67. The van der Waals surface area contributed by atoms with Crippen LogP contribution in [-0.4, -0.2) is 21.0 Å². The van der Waals surface area contributed by atoms with Crippen LogP contribution < -0.4 is 0 Å². The molecule has 0 amide bonds. The Morgan fingerprint density at radius 1 is 1.03 bits per heavy atom. The first-order chi connectivity index (χ1) is 14.2. The lowest BCUT2D eigenvalue weighted by Gasteiger charge is -2.09. The van der Waals surface area contributed by atoms with E-state index in [1.807, 2.05) is 37.3 Å². The smallest absolute Gasteiger partial charge is 0.186 e. The highest BCUT2D eigenvalue weighted by molar-refractivity contribution is 8.19. The van der Waals surface area contributed by atoms with E-state index in [0.29, 0.717) is 15.0 Å². The number of carbonyl (C=O) groups excluding carboxylic acids is 1. The fourth-order valence-electron chi connectivity index (χ4n) is 3.68. The van der Waals surface area contributed by atoms with Gasteiger partial charge in [0.05, 0.1) is 9.95 Å². The Bertz CT molecular complexity index is 1270. The molecular weight excluding hydrogens is 398 g/mol. The Morgan fingerprint density at radius 2 is 1.69 bits per heavy atom. The van der Waals surface area contributed by atoms with Gasteiger partial charge in [-0.15, -0.1) is 21.5 Å². The number of benzene rings is 3. The number of Topliss-reactive ketones (excluding diaryl/α,β-unsaturated/α-hetero) is 1. The molecule has 0 aliphatic carbocycles. The fraction of sp³-hybridized carbons (Fsp3) is 0.130. The second-order valence-corrected chi connectivity index (χ2v) is 9.07.